The molecule has 1 aromatic heterocycles. The molecular weight excluding hydrogens is 382 g/mol. The largest absolute Gasteiger partial charge is 0.494 e. The number of nitrogens with one attached hydrogen (secondary N) is 1. The highest BCUT2D eigenvalue weighted by Crippen LogP contribution is 2.23. The van der Waals surface area contributed by atoms with E-state index in [9.17, 15) is 9.59 Å². The zero-order valence-electron chi connectivity index (χ0n) is 12.5. The van der Waals surface area contributed by atoms with Crippen LogP contribution in [0.1, 0.15) is 22.5 Å². The molecule has 0 aliphatic rings. The third-order valence-corrected chi connectivity index (χ3v) is 4.31. The topological polar surface area (TPSA) is 64.6 Å². The molecule has 0 aliphatic heterocycles. The molecule has 0 unspecified atom stereocenters. The van der Waals surface area contributed by atoms with Crippen molar-refractivity contribution in [3.05, 3.63) is 45.1 Å². The van der Waals surface area contributed by atoms with Gasteiger partial charge in [0.05, 0.1) is 19.4 Å². The zero-order valence-corrected chi connectivity index (χ0v) is 14.9. The highest BCUT2D eigenvalue weighted by Gasteiger charge is 2.15. The summed E-state index contributed by atoms with van der Waals surface area (Å²) in [4.78, 5) is 23.8. The van der Waals surface area contributed by atoms with Crippen LogP contribution < -0.4 is 10.1 Å². The van der Waals surface area contributed by atoms with Crippen LogP contribution in [-0.4, -0.2) is 25.6 Å². The summed E-state index contributed by atoms with van der Waals surface area (Å²) < 4.78 is 11.2. The molecule has 0 spiro atoms. The van der Waals surface area contributed by atoms with Gasteiger partial charge in [-0.3, -0.25) is 4.79 Å². The van der Waals surface area contributed by atoms with Gasteiger partial charge >= 0.3 is 5.97 Å². The second kappa shape index (κ2) is 8.69. The summed E-state index contributed by atoms with van der Waals surface area (Å²) >= 11 is 4.60. The molecule has 2 rings (SSSR count). The SMILES string of the molecule is COC(=O)c1sccc1NC(=O)CCCOc1cccc(Br)c1. The number of thiophene rings is 1. The van der Waals surface area contributed by atoms with E-state index in [1.54, 1.807) is 11.4 Å². The van der Waals surface area contributed by atoms with Gasteiger partial charge in [0.2, 0.25) is 5.91 Å². The van der Waals surface area contributed by atoms with Crippen molar-refractivity contribution >= 4 is 44.8 Å². The third kappa shape index (κ3) is 5.37. The molecule has 0 bridgehead atoms. The van der Waals surface area contributed by atoms with E-state index < -0.39 is 5.97 Å². The molecule has 122 valence electrons. The number of hydrogen-bond acceptors (Lipinski definition) is 5. The van der Waals surface area contributed by atoms with Crippen molar-refractivity contribution in [3.63, 3.8) is 0 Å². The van der Waals surface area contributed by atoms with E-state index in [0.29, 0.717) is 30.0 Å². The molecular formula is C16H16BrNO4S. The van der Waals surface area contributed by atoms with Gasteiger partial charge in [-0.25, -0.2) is 4.79 Å². The summed E-state index contributed by atoms with van der Waals surface area (Å²) in [7, 11) is 1.31. The van der Waals surface area contributed by atoms with Crippen LogP contribution in [0.3, 0.4) is 0 Å². The Labute approximate surface area is 146 Å². The minimum Gasteiger partial charge on any atom is -0.494 e. The number of amides is 1. The molecule has 23 heavy (non-hydrogen) atoms. The van der Waals surface area contributed by atoms with E-state index in [1.807, 2.05) is 24.3 Å². The van der Waals surface area contributed by atoms with E-state index in [1.165, 1.54) is 18.4 Å². The van der Waals surface area contributed by atoms with Crippen molar-refractivity contribution < 1.29 is 19.1 Å². The number of ether oxygens (including phenoxy) is 2. The summed E-state index contributed by atoms with van der Waals surface area (Å²) in [5, 5.41) is 4.46. The van der Waals surface area contributed by atoms with Crippen molar-refractivity contribution in [1.82, 2.24) is 0 Å². The normalized spacial score (nSPS) is 10.2. The van der Waals surface area contributed by atoms with E-state index in [2.05, 4.69) is 26.0 Å². The average Bonchev–Trinajstić information content (AvgIpc) is 2.99. The van der Waals surface area contributed by atoms with Crippen molar-refractivity contribution in [3.8, 4) is 5.75 Å². The Hall–Kier alpha value is -1.86. The zero-order chi connectivity index (χ0) is 16.7. The van der Waals surface area contributed by atoms with Gasteiger partial charge in [-0.1, -0.05) is 22.0 Å². The Bertz CT molecular complexity index is 686. The smallest absolute Gasteiger partial charge is 0.350 e. The van der Waals surface area contributed by atoms with E-state index in [4.69, 9.17) is 4.74 Å². The molecule has 0 saturated carbocycles. The molecule has 0 saturated heterocycles. The number of carbonyl (C=O) groups excluding carboxylic acids is 2. The van der Waals surface area contributed by atoms with Crippen molar-refractivity contribution in [2.24, 2.45) is 0 Å². The van der Waals surface area contributed by atoms with E-state index in [0.717, 1.165) is 10.2 Å². The monoisotopic (exact) mass is 397 g/mol. The van der Waals surface area contributed by atoms with Crippen LogP contribution in [0.25, 0.3) is 0 Å². The number of rotatable bonds is 7. The van der Waals surface area contributed by atoms with E-state index in [-0.39, 0.29) is 5.91 Å². The van der Waals surface area contributed by atoms with Gasteiger partial charge in [0.15, 0.2) is 0 Å². The quantitative estimate of drug-likeness (QED) is 0.564. The van der Waals surface area contributed by atoms with Crippen LogP contribution in [0.2, 0.25) is 0 Å². The molecule has 1 amide bonds. The van der Waals surface area contributed by atoms with Crippen molar-refractivity contribution in [2.45, 2.75) is 12.8 Å². The second-order valence-electron chi connectivity index (χ2n) is 4.61. The summed E-state index contributed by atoms with van der Waals surface area (Å²) in [5.74, 6) is 0.144. The van der Waals surface area contributed by atoms with E-state index >= 15 is 0 Å². The Morgan fingerprint density at radius 1 is 1.30 bits per heavy atom. The maximum atomic E-state index is 11.9. The van der Waals surface area contributed by atoms with Crippen molar-refractivity contribution in [1.29, 1.82) is 0 Å². The lowest BCUT2D eigenvalue weighted by Crippen LogP contribution is -2.14. The van der Waals surface area contributed by atoms with Crippen LogP contribution in [-0.2, 0) is 9.53 Å². The number of methoxy groups -OCH3 is 1. The molecule has 0 fully saturated rings. The fourth-order valence-corrected chi connectivity index (χ4v) is 2.99. The molecule has 5 nitrogen and oxygen atoms in total. The maximum absolute atomic E-state index is 11.9. The number of esters is 1. The predicted octanol–water partition coefficient (Wildman–Crippen LogP) is 4.09. The molecule has 1 aromatic carbocycles. The van der Waals surface area contributed by atoms with Crippen LogP contribution >= 0.6 is 27.3 Å². The number of halogens is 1. The second-order valence-corrected chi connectivity index (χ2v) is 6.44. The lowest BCUT2D eigenvalue weighted by atomic mass is 10.3. The fourth-order valence-electron chi connectivity index (χ4n) is 1.85. The molecule has 1 heterocycles. The van der Waals surface area contributed by atoms with Crippen molar-refractivity contribution in [2.75, 3.05) is 19.0 Å². The molecule has 0 aliphatic carbocycles. The Morgan fingerprint density at radius 3 is 2.87 bits per heavy atom. The minimum atomic E-state index is -0.451. The predicted molar refractivity (Wildman–Crippen MR) is 93.2 cm³/mol. The first kappa shape index (κ1) is 17.5. The highest BCUT2D eigenvalue weighted by atomic mass is 79.9. The van der Waals surface area contributed by atoms with Gasteiger partial charge in [0.1, 0.15) is 10.6 Å². The van der Waals surface area contributed by atoms with Gasteiger partial charge in [-0.15, -0.1) is 11.3 Å². The summed E-state index contributed by atoms with van der Waals surface area (Å²) in [6.45, 7) is 0.442. The number of anilines is 1. The standard InChI is InChI=1S/C16H16BrNO4S/c1-21-16(20)15-13(7-9-23-15)18-14(19)6-3-8-22-12-5-2-4-11(17)10-12/h2,4-5,7,9-10H,3,6,8H2,1H3,(H,18,19). The third-order valence-electron chi connectivity index (χ3n) is 2.92. The van der Waals surface area contributed by atoms with Crippen LogP contribution in [0.5, 0.6) is 5.75 Å². The molecule has 0 radical (unpaired) electrons. The number of hydrogen-bond donors (Lipinski definition) is 1. The maximum Gasteiger partial charge on any atom is 0.350 e. The fraction of sp³-hybridized carbons (Fsp3) is 0.250. The first-order valence-corrected chi connectivity index (χ1v) is 8.61. The first-order valence-electron chi connectivity index (χ1n) is 6.94. The average molecular weight is 398 g/mol. The molecule has 0 atom stereocenters. The molecule has 2 aromatic rings. The van der Waals surface area contributed by atoms with Crippen LogP contribution in [0.4, 0.5) is 5.69 Å². The Kier molecular flexibility index (Phi) is 6.61. The minimum absolute atomic E-state index is 0.161. The lowest BCUT2D eigenvalue weighted by Gasteiger charge is -2.07. The summed E-state index contributed by atoms with van der Waals surface area (Å²) in [6, 6.07) is 9.22. The Balaban J connectivity index is 1.75. The first-order chi connectivity index (χ1) is 11.1. The molecule has 1 N–H and O–H groups in total. The van der Waals surface area contributed by atoms with Gasteiger partial charge in [-0.05, 0) is 36.1 Å². The molecule has 7 heteroatoms. The van der Waals surface area contributed by atoms with Crippen LogP contribution in [0, 0.1) is 0 Å². The van der Waals surface area contributed by atoms with Gasteiger partial charge < -0.3 is 14.8 Å². The van der Waals surface area contributed by atoms with Crippen LogP contribution in [0.15, 0.2) is 40.2 Å². The summed E-state index contributed by atoms with van der Waals surface area (Å²) in [6.07, 6.45) is 0.889. The Morgan fingerprint density at radius 2 is 2.13 bits per heavy atom. The number of carbonyl (C=O) groups is 2. The summed E-state index contributed by atoms with van der Waals surface area (Å²) in [5.41, 5.74) is 0.486. The number of benzene rings is 1. The van der Waals surface area contributed by atoms with Gasteiger partial charge in [-0.2, -0.15) is 0 Å². The lowest BCUT2D eigenvalue weighted by molar-refractivity contribution is -0.116. The van der Waals surface area contributed by atoms with Gasteiger partial charge in [0, 0.05) is 10.9 Å². The highest BCUT2D eigenvalue weighted by molar-refractivity contribution is 9.10. The van der Waals surface area contributed by atoms with Gasteiger partial charge in [0.25, 0.3) is 0 Å².